The van der Waals surface area contributed by atoms with Gasteiger partial charge in [-0.15, -0.1) is 22.7 Å². The maximum absolute atomic E-state index is 13.1. The summed E-state index contributed by atoms with van der Waals surface area (Å²) in [6, 6.07) is 10.5. The molecule has 1 aromatic carbocycles. The number of carbonyl (C=O) groups is 1. The molecule has 2 aromatic heterocycles. The number of hydrogen-bond acceptors (Lipinski definition) is 4. The number of thiazole rings is 1. The van der Waals surface area contributed by atoms with Crippen LogP contribution in [0.5, 0.6) is 0 Å². The van der Waals surface area contributed by atoms with Gasteiger partial charge in [-0.25, -0.2) is 9.37 Å². The van der Waals surface area contributed by atoms with E-state index in [0.29, 0.717) is 4.88 Å². The van der Waals surface area contributed by atoms with Crippen molar-refractivity contribution in [2.24, 2.45) is 0 Å². The maximum atomic E-state index is 13.1. The van der Waals surface area contributed by atoms with E-state index < -0.39 is 0 Å². The van der Waals surface area contributed by atoms with E-state index >= 15 is 0 Å². The lowest BCUT2D eigenvalue weighted by atomic mass is 10.2. The van der Waals surface area contributed by atoms with Gasteiger partial charge >= 0.3 is 0 Å². The molecule has 1 atom stereocenters. The lowest BCUT2D eigenvalue weighted by molar-refractivity contribution is 0.0742. The molecule has 1 unspecified atom stereocenters. The molecular weight excluding hydrogens is 355 g/mol. The van der Waals surface area contributed by atoms with Crippen molar-refractivity contribution in [3.63, 3.8) is 0 Å². The molecule has 0 spiro atoms. The van der Waals surface area contributed by atoms with Crippen molar-refractivity contribution >= 4 is 28.6 Å². The van der Waals surface area contributed by atoms with Crippen molar-refractivity contribution in [1.82, 2.24) is 9.88 Å². The highest BCUT2D eigenvalue weighted by Crippen LogP contribution is 2.37. The van der Waals surface area contributed by atoms with E-state index in [2.05, 4.69) is 16.4 Å². The first-order valence-corrected chi connectivity index (χ1v) is 9.91. The first-order valence-electron chi connectivity index (χ1n) is 8.21. The first-order chi connectivity index (χ1) is 12.1. The Hall–Kier alpha value is -2.05. The van der Waals surface area contributed by atoms with E-state index in [9.17, 15) is 9.18 Å². The van der Waals surface area contributed by atoms with Crippen LogP contribution in [-0.4, -0.2) is 22.3 Å². The summed E-state index contributed by atoms with van der Waals surface area (Å²) in [5, 5.41) is 2.81. The summed E-state index contributed by atoms with van der Waals surface area (Å²) in [7, 11) is 0. The second-order valence-electron chi connectivity index (χ2n) is 6.11. The second kappa shape index (κ2) is 6.69. The standard InChI is InChI=1S/C19H17FN2OS2/c1-12-17(25-18(21-12)13-6-8-14(20)9-7-13)19(23)22-10-2-4-15(22)16-5-3-11-24-16/h3,5-9,11,15H,2,4,10H2,1H3. The number of nitrogens with zero attached hydrogens (tertiary/aromatic N) is 2. The largest absolute Gasteiger partial charge is 0.330 e. The normalized spacial score (nSPS) is 17.2. The fraction of sp³-hybridized carbons (Fsp3) is 0.263. The first kappa shape index (κ1) is 16.4. The number of rotatable bonds is 3. The van der Waals surface area contributed by atoms with Crippen molar-refractivity contribution in [2.45, 2.75) is 25.8 Å². The molecule has 0 aliphatic carbocycles. The molecule has 4 rings (SSSR count). The maximum Gasteiger partial charge on any atom is 0.266 e. The Kier molecular flexibility index (Phi) is 4.39. The van der Waals surface area contributed by atoms with Crippen LogP contribution >= 0.6 is 22.7 Å². The molecule has 1 fully saturated rings. The van der Waals surface area contributed by atoms with Gasteiger partial charge in [0.15, 0.2) is 0 Å². The Balaban J connectivity index is 1.63. The van der Waals surface area contributed by atoms with Crippen LogP contribution in [0.25, 0.3) is 10.6 Å². The highest BCUT2D eigenvalue weighted by atomic mass is 32.1. The van der Waals surface area contributed by atoms with Crippen LogP contribution in [0.2, 0.25) is 0 Å². The predicted molar refractivity (Wildman–Crippen MR) is 99.6 cm³/mol. The molecule has 0 N–H and O–H groups in total. The van der Waals surface area contributed by atoms with Gasteiger partial charge in [0.2, 0.25) is 0 Å². The number of carbonyl (C=O) groups excluding carboxylic acids is 1. The summed E-state index contributed by atoms with van der Waals surface area (Å²) >= 11 is 3.09. The van der Waals surface area contributed by atoms with E-state index in [0.717, 1.165) is 35.7 Å². The molecule has 0 saturated carbocycles. The average Bonchev–Trinajstić information content (AvgIpc) is 3.35. The average molecular weight is 372 g/mol. The smallest absolute Gasteiger partial charge is 0.266 e. The fourth-order valence-corrected chi connectivity index (χ4v) is 5.13. The Bertz CT molecular complexity index is 887. The molecule has 3 nitrogen and oxygen atoms in total. The highest BCUT2D eigenvalue weighted by molar-refractivity contribution is 7.17. The third kappa shape index (κ3) is 3.12. The van der Waals surface area contributed by atoms with Gasteiger partial charge in [-0.3, -0.25) is 4.79 Å². The molecule has 3 aromatic rings. The number of amides is 1. The second-order valence-corrected chi connectivity index (χ2v) is 8.09. The molecule has 128 valence electrons. The van der Waals surface area contributed by atoms with E-state index in [1.165, 1.54) is 28.3 Å². The zero-order valence-electron chi connectivity index (χ0n) is 13.7. The van der Waals surface area contributed by atoms with E-state index in [4.69, 9.17) is 0 Å². The van der Waals surface area contributed by atoms with E-state index in [1.54, 1.807) is 23.5 Å². The third-order valence-corrected chi connectivity index (χ3v) is 6.64. The van der Waals surface area contributed by atoms with E-state index in [1.807, 2.05) is 17.9 Å². The van der Waals surface area contributed by atoms with Gasteiger partial charge < -0.3 is 4.90 Å². The van der Waals surface area contributed by atoms with Crippen molar-refractivity contribution in [2.75, 3.05) is 6.54 Å². The fourth-order valence-electron chi connectivity index (χ4n) is 3.23. The van der Waals surface area contributed by atoms with Crippen LogP contribution in [0.1, 0.15) is 39.1 Å². The molecule has 1 aliphatic heterocycles. The lowest BCUT2D eigenvalue weighted by Gasteiger charge is -2.23. The monoisotopic (exact) mass is 372 g/mol. The Morgan fingerprint density at radius 1 is 1.28 bits per heavy atom. The van der Waals surface area contributed by atoms with Crippen LogP contribution in [-0.2, 0) is 0 Å². The minimum Gasteiger partial charge on any atom is -0.330 e. The Labute approximate surface area is 153 Å². The number of thiophene rings is 1. The van der Waals surface area contributed by atoms with Gasteiger partial charge in [-0.1, -0.05) is 6.07 Å². The zero-order valence-corrected chi connectivity index (χ0v) is 15.4. The molecule has 25 heavy (non-hydrogen) atoms. The Morgan fingerprint density at radius 2 is 2.08 bits per heavy atom. The summed E-state index contributed by atoms with van der Waals surface area (Å²) in [6.07, 6.45) is 2.03. The summed E-state index contributed by atoms with van der Waals surface area (Å²) < 4.78 is 13.1. The quantitative estimate of drug-likeness (QED) is 0.625. The van der Waals surface area contributed by atoms with Crippen molar-refractivity contribution < 1.29 is 9.18 Å². The molecule has 1 saturated heterocycles. The van der Waals surface area contributed by atoms with Gasteiger partial charge in [0.25, 0.3) is 5.91 Å². The molecule has 6 heteroatoms. The summed E-state index contributed by atoms with van der Waals surface area (Å²) in [4.78, 5) is 21.6. The minimum atomic E-state index is -0.274. The van der Waals surface area contributed by atoms with E-state index in [-0.39, 0.29) is 17.8 Å². The number of halogens is 1. The summed E-state index contributed by atoms with van der Waals surface area (Å²) in [6.45, 7) is 2.65. The lowest BCUT2D eigenvalue weighted by Crippen LogP contribution is -2.30. The highest BCUT2D eigenvalue weighted by Gasteiger charge is 2.33. The van der Waals surface area contributed by atoms with Crippen LogP contribution in [0, 0.1) is 12.7 Å². The van der Waals surface area contributed by atoms with Crippen LogP contribution in [0.15, 0.2) is 41.8 Å². The van der Waals surface area contributed by atoms with Crippen molar-refractivity contribution in [3.05, 3.63) is 63.0 Å². The van der Waals surface area contributed by atoms with Crippen molar-refractivity contribution in [1.29, 1.82) is 0 Å². The number of aryl methyl sites for hydroxylation is 1. The Morgan fingerprint density at radius 3 is 2.80 bits per heavy atom. The number of likely N-dealkylation sites (tertiary alicyclic amines) is 1. The van der Waals surface area contributed by atoms with Gasteiger partial charge in [-0.05, 0) is 55.5 Å². The van der Waals surface area contributed by atoms with Crippen LogP contribution in [0.4, 0.5) is 4.39 Å². The van der Waals surface area contributed by atoms with Crippen LogP contribution in [0.3, 0.4) is 0 Å². The molecular formula is C19H17FN2OS2. The van der Waals surface area contributed by atoms with Gasteiger partial charge in [0.1, 0.15) is 15.7 Å². The van der Waals surface area contributed by atoms with Gasteiger partial charge in [0.05, 0.1) is 11.7 Å². The summed E-state index contributed by atoms with van der Waals surface area (Å²) in [5.74, 6) is -0.219. The SMILES string of the molecule is Cc1nc(-c2ccc(F)cc2)sc1C(=O)N1CCCC1c1cccs1. The van der Waals surface area contributed by atoms with Gasteiger partial charge in [-0.2, -0.15) is 0 Å². The third-order valence-electron chi connectivity index (χ3n) is 4.47. The van der Waals surface area contributed by atoms with Crippen molar-refractivity contribution in [3.8, 4) is 10.6 Å². The molecule has 3 heterocycles. The molecule has 0 radical (unpaired) electrons. The zero-order chi connectivity index (χ0) is 17.4. The predicted octanol–water partition coefficient (Wildman–Crippen LogP) is 5.30. The van der Waals surface area contributed by atoms with Gasteiger partial charge in [0, 0.05) is 17.0 Å². The number of aromatic nitrogens is 1. The topological polar surface area (TPSA) is 33.2 Å². The summed E-state index contributed by atoms with van der Waals surface area (Å²) in [5.41, 5.74) is 1.58. The molecule has 0 bridgehead atoms. The molecule has 1 amide bonds. The molecule has 1 aliphatic rings. The van der Waals surface area contributed by atoms with Crippen LogP contribution < -0.4 is 0 Å². The minimum absolute atomic E-state index is 0.0549. The number of hydrogen-bond donors (Lipinski definition) is 0. The number of benzene rings is 1.